The molecule has 0 bridgehead atoms. The molecule has 2 aromatic rings. The van der Waals surface area contributed by atoms with E-state index in [1.807, 2.05) is 43.3 Å². The quantitative estimate of drug-likeness (QED) is 0.941. The molecule has 0 unspecified atom stereocenters. The zero-order chi connectivity index (χ0) is 16.4. The normalized spacial score (nSPS) is 13.2. The van der Waals surface area contributed by atoms with Gasteiger partial charge in [0.2, 0.25) is 5.91 Å². The number of hydrogen-bond donors (Lipinski definition) is 1. The van der Waals surface area contributed by atoms with Gasteiger partial charge < -0.3 is 10.2 Å². The van der Waals surface area contributed by atoms with Gasteiger partial charge in [-0.2, -0.15) is 0 Å². The van der Waals surface area contributed by atoms with Crippen LogP contribution in [0, 0.1) is 6.92 Å². The molecule has 5 heteroatoms. The number of rotatable bonds is 3. The number of carbonyl (C=O) groups is 2. The van der Waals surface area contributed by atoms with Gasteiger partial charge in [0.25, 0.3) is 5.91 Å². The molecule has 118 valence electrons. The number of carbonyl (C=O) groups excluding carboxylic acids is 2. The molecular weight excluding hydrogens is 308 g/mol. The highest BCUT2D eigenvalue weighted by Gasteiger charge is 2.19. The predicted octanol–water partition coefficient (Wildman–Crippen LogP) is 3.31. The van der Waals surface area contributed by atoms with Crippen LogP contribution in [-0.4, -0.2) is 29.5 Å². The van der Waals surface area contributed by atoms with Crippen LogP contribution in [0.4, 0.5) is 5.69 Å². The lowest BCUT2D eigenvalue weighted by molar-refractivity contribution is -0.113. The van der Waals surface area contributed by atoms with Crippen molar-refractivity contribution in [1.82, 2.24) is 4.90 Å². The zero-order valence-corrected chi connectivity index (χ0v) is 13.9. The molecule has 0 atom stereocenters. The Balaban J connectivity index is 1.75. The maximum absolute atomic E-state index is 12.6. The van der Waals surface area contributed by atoms with Crippen LogP contribution >= 0.6 is 11.8 Å². The Morgan fingerprint density at radius 3 is 2.70 bits per heavy atom. The summed E-state index contributed by atoms with van der Waals surface area (Å²) in [7, 11) is 1.79. The first kappa shape index (κ1) is 15.6. The summed E-state index contributed by atoms with van der Waals surface area (Å²) in [5, 5.41) is 2.82. The second kappa shape index (κ2) is 6.46. The summed E-state index contributed by atoms with van der Waals surface area (Å²) in [6.45, 7) is 2.59. The molecule has 23 heavy (non-hydrogen) atoms. The second-order valence-corrected chi connectivity index (χ2v) is 6.71. The number of amides is 2. The van der Waals surface area contributed by atoms with Crippen LogP contribution in [0.1, 0.15) is 21.5 Å². The number of benzene rings is 2. The molecule has 0 radical (unpaired) electrons. The lowest BCUT2D eigenvalue weighted by atomic mass is 10.1. The molecule has 2 aromatic carbocycles. The van der Waals surface area contributed by atoms with Gasteiger partial charge in [-0.25, -0.2) is 0 Å². The van der Waals surface area contributed by atoms with Gasteiger partial charge in [0, 0.05) is 24.1 Å². The summed E-state index contributed by atoms with van der Waals surface area (Å²) >= 11 is 1.49. The number of nitrogens with one attached hydrogen (secondary N) is 1. The maximum Gasteiger partial charge on any atom is 0.253 e. The van der Waals surface area contributed by atoms with Gasteiger partial charge in [-0.05, 0) is 30.7 Å². The minimum Gasteiger partial charge on any atom is -0.337 e. The molecule has 1 aliphatic heterocycles. The fraction of sp³-hybridized carbons (Fsp3) is 0.222. The van der Waals surface area contributed by atoms with Crippen LogP contribution in [-0.2, 0) is 11.3 Å². The van der Waals surface area contributed by atoms with Crippen LogP contribution in [0.3, 0.4) is 0 Å². The molecule has 0 saturated carbocycles. The largest absolute Gasteiger partial charge is 0.337 e. The summed E-state index contributed by atoms with van der Waals surface area (Å²) in [4.78, 5) is 26.8. The van der Waals surface area contributed by atoms with Crippen molar-refractivity contribution in [2.24, 2.45) is 0 Å². The van der Waals surface area contributed by atoms with Gasteiger partial charge in [0.15, 0.2) is 0 Å². The summed E-state index contributed by atoms with van der Waals surface area (Å²) in [5.41, 5.74) is 3.60. The Morgan fingerprint density at radius 1 is 1.22 bits per heavy atom. The minimum atomic E-state index is -0.0572. The molecular formula is C18H18N2O2S. The third-order valence-electron chi connectivity index (χ3n) is 3.75. The van der Waals surface area contributed by atoms with E-state index in [1.165, 1.54) is 17.3 Å². The Kier molecular flexibility index (Phi) is 4.39. The Hall–Kier alpha value is -2.27. The van der Waals surface area contributed by atoms with Gasteiger partial charge in [-0.1, -0.05) is 29.8 Å². The Morgan fingerprint density at radius 2 is 1.96 bits per heavy atom. The van der Waals surface area contributed by atoms with Crippen LogP contribution in [0.5, 0.6) is 0 Å². The van der Waals surface area contributed by atoms with E-state index in [9.17, 15) is 9.59 Å². The molecule has 1 heterocycles. The van der Waals surface area contributed by atoms with Gasteiger partial charge in [-0.15, -0.1) is 11.8 Å². The van der Waals surface area contributed by atoms with E-state index in [0.29, 0.717) is 17.9 Å². The first-order valence-corrected chi connectivity index (χ1v) is 8.39. The molecule has 1 aliphatic rings. The van der Waals surface area contributed by atoms with Gasteiger partial charge >= 0.3 is 0 Å². The number of fused-ring (bicyclic) bond motifs is 1. The average molecular weight is 326 g/mol. The highest BCUT2D eigenvalue weighted by atomic mass is 32.2. The third-order valence-corrected chi connectivity index (χ3v) is 4.82. The highest BCUT2D eigenvalue weighted by molar-refractivity contribution is 8.00. The second-order valence-electron chi connectivity index (χ2n) is 5.69. The molecule has 0 saturated heterocycles. The fourth-order valence-corrected chi connectivity index (χ4v) is 3.26. The van der Waals surface area contributed by atoms with E-state index < -0.39 is 0 Å². The molecule has 1 N–H and O–H groups in total. The van der Waals surface area contributed by atoms with Gasteiger partial charge in [0.1, 0.15) is 0 Å². The van der Waals surface area contributed by atoms with E-state index in [0.717, 1.165) is 16.1 Å². The van der Waals surface area contributed by atoms with Crippen molar-refractivity contribution >= 4 is 29.3 Å². The predicted molar refractivity (Wildman–Crippen MR) is 92.8 cm³/mol. The monoisotopic (exact) mass is 326 g/mol. The van der Waals surface area contributed by atoms with Crippen LogP contribution in [0.2, 0.25) is 0 Å². The number of hydrogen-bond acceptors (Lipinski definition) is 3. The summed E-state index contributed by atoms with van der Waals surface area (Å²) in [6, 6.07) is 13.6. The standard InChI is InChI=1S/C18H18N2O2S/c1-12-3-5-13(6-4-12)10-20(2)18(22)14-7-8-16-15(9-14)19-17(21)11-23-16/h3-9H,10-11H2,1-2H3,(H,19,21). The van der Waals surface area contributed by atoms with Crippen molar-refractivity contribution in [3.8, 4) is 0 Å². The average Bonchev–Trinajstić information content (AvgIpc) is 2.55. The zero-order valence-electron chi connectivity index (χ0n) is 13.1. The van der Waals surface area contributed by atoms with Gasteiger partial charge in [0.05, 0.1) is 11.4 Å². The Bertz CT molecular complexity index is 756. The van der Waals surface area contributed by atoms with Crippen molar-refractivity contribution < 1.29 is 9.59 Å². The van der Waals surface area contributed by atoms with Gasteiger partial charge in [-0.3, -0.25) is 9.59 Å². The molecule has 0 aliphatic carbocycles. The minimum absolute atomic E-state index is 0.0277. The fourth-order valence-electron chi connectivity index (χ4n) is 2.48. The van der Waals surface area contributed by atoms with Crippen molar-refractivity contribution in [2.45, 2.75) is 18.4 Å². The van der Waals surface area contributed by atoms with E-state index in [1.54, 1.807) is 18.0 Å². The Labute approximate surface area is 139 Å². The van der Waals surface area contributed by atoms with Crippen LogP contribution in [0.25, 0.3) is 0 Å². The van der Waals surface area contributed by atoms with Crippen LogP contribution < -0.4 is 5.32 Å². The van der Waals surface area contributed by atoms with E-state index in [2.05, 4.69) is 5.32 Å². The summed E-state index contributed by atoms with van der Waals surface area (Å²) < 4.78 is 0. The third kappa shape index (κ3) is 3.56. The SMILES string of the molecule is Cc1ccc(CN(C)C(=O)c2ccc3c(c2)NC(=O)CS3)cc1. The molecule has 4 nitrogen and oxygen atoms in total. The summed E-state index contributed by atoms with van der Waals surface area (Å²) in [5.74, 6) is 0.339. The van der Waals surface area contributed by atoms with Crippen molar-refractivity contribution in [3.05, 3.63) is 59.2 Å². The van der Waals surface area contributed by atoms with E-state index >= 15 is 0 Å². The number of thioether (sulfide) groups is 1. The number of aryl methyl sites for hydroxylation is 1. The first-order chi connectivity index (χ1) is 11.0. The molecule has 2 amide bonds. The molecule has 0 aromatic heterocycles. The lowest BCUT2D eigenvalue weighted by Gasteiger charge is -2.20. The van der Waals surface area contributed by atoms with E-state index in [-0.39, 0.29) is 11.8 Å². The van der Waals surface area contributed by atoms with Crippen molar-refractivity contribution in [3.63, 3.8) is 0 Å². The number of nitrogens with zero attached hydrogens (tertiary/aromatic N) is 1. The van der Waals surface area contributed by atoms with Crippen molar-refractivity contribution in [2.75, 3.05) is 18.1 Å². The molecule has 0 fully saturated rings. The maximum atomic E-state index is 12.6. The number of anilines is 1. The topological polar surface area (TPSA) is 49.4 Å². The first-order valence-electron chi connectivity index (χ1n) is 7.40. The smallest absolute Gasteiger partial charge is 0.253 e. The lowest BCUT2D eigenvalue weighted by Crippen LogP contribution is -2.26. The van der Waals surface area contributed by atoms with Crippen LogP contribution in [0.15, 0.2) is 47.4 Å². The van der Waals surface area contributed by atoms with Crippen molar-refractivity contribution in [1.29, 1.82) is 0 Å². The summed E-state index contributed by atoms with van der Waals surface area (Å²) in [6.07, 6.45) is 0. The molecule has 0 spiro atoms. The van der Waals surface area contributed by atoms with E-state index in [4.69, 9.17) is 0 Å². The highest BCUT2D eigenvalue weighted by Crippen LogP contribution is 2.32. The molecule has 3 rings (SSSR count).